The molecule has 0 aliphatic carbocycles. The first kappa shape index (κ1) is 14.7. The van der Waals surface area contributed by atoms with E-state index in [2.05, 4.69) is 5.32 Å². The zero-order valence-electron chi connectivity index (χ0n) is 11.2. The maximum absolute atomic E-state index is 11.5. The Hall–Kier alpha value is -1.39. The Bertz CT molecular complexity index is 377. The van der Waals surface area contributed by atoms with Gasteiger partial charge in [-0.1, -0.05) is 24.3 Å². The fraction of sp³-hybridized carbons (Fsp3) is 0.500. The minimum absolute atomic E-state index is 0.0702. The van der Waals surface area contributed by atoms with Crippen molar-refractivity contribution < 1.29 is 14.3 Å². The lowest BCUT2D eigenvalue weighted by atomic mass is 10.1. The van der Waals surface area contributed by atoms with Gasteiger partial charge in [-0.25, -0.2) is 0 Å². The van der Waals surface area contributed by atoms with E-state index in [0.29, 0.717) is 13.2 Å². The van der Waals surface area contributed by atoms with Crippen LogP contribution in [0.25, 0.3) is 0 Å². The van der Waals surface area contributed by atoms with Crippen molar-refractivity contribution in [3.8, 4) is 0 Å². The molecule has 4 heteroatoms. The predicted octanol–water partition coefficient (Wildman–Crippen LogP) is 1.87. The van der Waals surface area contributed by atoms with Crippen molar-refractivity contribution >= 4 is 5.91 Å². The van der Waals surface area contributed by atoms with E-state index in [9.17, 15) is 4.79 Å². The van der Waals surface area contributed by atoms with Crippen LogP contribution in [-0.2, 0) is 27.4 Å². The second kappa shape index (κ2) is 7.84. The molecule has 0 saturated heterocycles. The fourth-order valence-corrected chi connectivity index (χ4v) is 1.49. The number of carbonyl (C=O) groups excluding carboxylic acids is 1. The van der Waals surface area contributed by atoms with Crippen molar-refractivity contribution in [1.82, 2.24) is 5.32 Å². The lowest BCUT2D eigenvalue weighted by Crippen LogP contribution is -2.28. The summed E-state index contributed by atoms with van der Waals surface area (Å²) >= 11 is 0. The summed E-state index contributed by atoms with van der Waals surface area (Å²) < 4.78 is 10.3. The molecule has 1 N–H and O–H groups in total. The van der Waals surface area contributed by atoms with Gasteiger partial charge in [0.1, 0.15) is 6.61 Å². The number of rotatable bonds is 7. The SMILES string of the molecule is COCc1cccc(CNC(=O)COC(C)C)c1. The quantitative estimate of drug-likeness (QED) is 0.805. The number of amides is 1. The van der Waals surface area contributed by atoms with E-state index < -0.39 is 0 Å². The summed E-state index contributed by atoms with van der Waals surface area (Å²) in [7, 11) is 1.66. The third-order valence-corrected chi connectivity index (χ3v) is 2.34. The molecule has 0 atom stereocenters. The monoisotopic (exact) mass is 251 g/mol. The molecule has 0 unspecified atom stereocenters. The van der Waals surface area contributed by atoms with Crippen LogP contribution in [0.15, 0.2) is 24.3 Å². The molecule has 1 amide bonds. The van der Waals surface area contributed by atoms with E-state index in [1.165, 1.54) is 0 Å². The molecule has 0 bridgehead atoms. The molecule has 4 nitrogen and oxygen atoms in total. The molecule has 0 saturated carbocycles. The normalized spacial score (nSPS) is 10.7. The van der Waals surface area contributed by atoms with E-state index in [1.54, 1.807) is 7.11 Å². The largest absolute Gasteiger partial charge is 0.380 e. The highest BCUT2D eigenvalue weighted by atomic mass is 16.5. The van der Waals surface area contributed by atoms with Gasteiger partial charge in [0.2, 0.25) is 5.91 Å². The number of nitrogens with one attached hydrogen (secondary N) is 1. The van der Waals surface area contributed by atoms with E-state index in [4.69, 9.17) is 9.47 Å². The van der Waals surface area contributed by atoms with Gasteiger partial charge in [0.05, 0.1) is 12.7 Å². The van der Waals surface area contributed by atoms with E-state index >= 15 is 0 Å². The van der Waals surface area contributed by atoms with E-state index in [-0.39, 0.29) is 18.6 Å². The van der Waals surface area contributed by atoms with Gasteiger partial charge in [-0.3, -0.25) is 4.79 Å². The third-order valence-electron chi connectivity index (χ3n) is 2.34. The highest BCUT2D eigenvalue weighted by Crippen LogP contribution is 2.06. The van der Waals surface area contributed by atoms with Crippen LogP contribution in [0, 0.1) is 0 Å². The van der Waals surface area contributed by atoms with Crippen LogP contribution < -0.4 is 5.32 Å². The van der Waals surface area contributed by atoms with Crippen LogP contribution in [-0.4, -0.2) is 25.7 Å². The molecule has 18 heavy (non-hydrogen) atoms. The van der Waals surface area contributed by atoms with Gasteiger partial charge in [-0.2, -0.15) is 0 Å². The highest BCUT2D eigenvalue weighted by Gasteiger charge is 2.03. The minimum atomic E-state index is -0.0964. The standard InChI is InChI=1S/C14H21NO3/c1-11(2)18-10-14(16)15-8-12-5-4-6-13(7-12)9-17-3/h4-7,11H,8-10H2,1-3H3,(H,15,16). The molecule has 0 radical (unpaired) electrons. The van der Waals surface area contributed by atoms with Gasteiger partial charge < -0.3 is 14.8 Å². The van der Waals surface area contributed by atoms with Gasteiger partial charge in [0.25, 0.3) is 0 Å². The maximum atomic E-state index is 11.5. The molecular formula is C14H21NO3. The first-order chi connectivity index (χ1) is 8.61. The lowest BCUT2D eigenvalue weighted by molar-refractivity contribution is -0.127. The number of methoxy groups -OCH3 is 1. The molecule has 0 aliphatic heterocycles. The van der Waals surface area contributed by atoms with Gasteiger partial charge in [0, 0.05) is 13.7 Å². The molecule has 1 aromatic rings. The zero-order chi connectivity index (χ0) is 13.4. The van der Waals surface area contributed by atoms with Gasteiger partial charge in [-0.05, 0) is 25.0 Å². The Balaban J connectivity index is 2.38. The summed E-state index contributed by atoms with van der Waals surface area (Å²) in [6, 6.07) is 7.95. The second-order valence-electron chi connectivity index (χ2n) is 4.39. The molecule has 0 aliphatic rings. The molecule has 1 rings (SSSR count). The average molecular weight is 251 g/mol. The molecule has 1 aromatic carbocycles. The van der Waals surface area contributed by atoms with Gasteiger partial charge in [0.15, 0.2) is 0 Å². The number of hydrogen-bond acceptors (Lipinski definition) is 3. The predicted molar refractivity (Wildman–Crippen MR) is 70.1 cm³/mol. The average Bonchev–Trinajstić information content (AvgIpc) is 2.35. The Morgan fingerprint density at radius 3 is 2.72 bits per heavy atom. The Labute approximate surface area is 108 Å². The Kier molecular flexibility index (Phi) is 6.39. The Morgan fingerprint density at radius 2 is 2.06 bits per heavy atom. The van der Waals surface area contributed by atoms with Crippen LogP contribution in [0.3, 0.4) is 0 Å². The summed E-state index contributed by atoms with van der Waals surface area (Å²) in [5.41, 5.74) is 2.16. The summed E-state index contributed by atoms with van der Waals surface area (Å²) in [6.07, 6.45) is 0.0702. The molecule has 0 fully saturated rings. The van der Waals surface area contributed by atoms with E-state index in [0.717, 1.165) is 11.1 Å². The molecule has 0 heterocycles. The molecule has 0 aromatic heterocycles. The van der Waals surface area contributed by atoms with Crippen molar-refractivity contribution in [3.63, 3.8) is 0 Å². The lowest BCUT2D eigenvalue weighted by Gasteiger charge is -2.09. The van der Waals surface area contributed by atoms with Gasteiger partial charge in [-0.15, -0.1) is 0 Å². The molecular weight excluding hydrogens is 230 g/mol. The first-order valence-corrected chi connectivity index (χ1v) is 6.07. The summed E-state index contributed by atoms with van der Waals surface area (Å²) in [4.78, 5) is 11.5. The van der Waals surface area contributed by atoms with Crippen LogP contribution in [0.4, 0.5) is 0 Å². The number of ether oxygens (including phenoxy) is 2. The van der Waals surface area contributed by atoms with Crippen molar-refractivity contribution in [1.29, 1.82) is 0 Å². The minimum Gasteiger partial charge on any atom is -0.380 e. The smallest absolute Gasteiger partial charge is 0.246 e. The van der Waals surface area contributed by atoms with Crippen LogP contribution >= 0.6 is 0 Å². The number of carbonyl (C=O) groups is 1. The van der Waals surface area contributed by atoms with E-state index in [1.807, 2.05) is 38.1 Å². The fourth-order valence-electron chi connectivity index (χ4n) is 1.49. The van der Waals surface area contributed by atoms with Gasteiger partial charge >= 0.3 is 0 Å². The third kappa shape index (κ3) is 5.80. The first-order valence-electron chi connectivity index (χ1n) is 6.07. The topological polar surface area (TPSA) is 47.6 Å². The number of benzene rings is 1. The maximum Gasteiger partial charge on any atom is 0.246 e. The number of hydrogen-bond donors (Lipinski definition) is 1. The molecule has 100 valence electrons. The van der Waals surface area contributed by atoms with Crippen molar-refractivity contribution in [3.05, 3.63) is 35.4 Å². The van der Waals surface area contributed by atoms with Crippen molar-refractivity contribution in [2.45, 2.75) is 33.1 Å². The zero-order valence-corrected chi connectivity index (χ0v) is 11.2. The van der Waals surface area contributed by atoms with Crippen LogP contribution in [0.5, 0.6) is 0 Å². The summed E-state index contributed by atoms with van der Waals surface area (Å²) in [5.74, 6) is -0.0964. The van der Waals surface area contributed by atoms with Crippen molar-refractivity contribution in [2.24, 2.45) is 0 Å². The van der Waals surface area contributed by atoms with Crippen LogP contribution in [0.2, 0.25) is 0 Å². The summed E-state index contributed by atoms with van der Waals surface area (Å²) in [6.45, 7) is 5.01. The Morgan fingerprint density at radius 1 is 1.33 bits per heavy atom. The summed E-state index contributed by atoms with van der Waals surface area (Å²) in [5, 5.41) is 2.82. The highest BCUT2D eigenvalue weighted by molar-refractivity contribution is 5.77. The van der Waals surface area contributed by atoms with Crippen LogP contribution in [0.1, 0.15) is 25.0 Å². The molecule has 0 spiro atoms. The second-order valence-corrected chi connectivity index (χ2v) is 4.39. The van der Waals surface area contributed by atoms with Crippen molar-refractivity contribution in [2.75, 3.05) is 13.7 Å².